The van der Waals surface area contributed by atoms with Crippen LogP contribution in [0.5, 0.6) is 0 Å². The van der Waals surface area contributed by atoms with E-state index < -0.39 is 5.41 Å². The third-order valence-corrected chi connectivity index (χ3v) is 4.49. The third-order valence-electron chi connectivity index (χ3n) is 4.49. The predicted octanol–water partition coefficient (Wildman–Crippen LogP) is 1.99. The predicted molar refractivity (Wildman–Crippen MR) is 95.0 cm³/mol. The zero-order valence-electron chi connectivity index (χ0n) is 15.0. The summed E-state index contributed by atoms with van der Waals surface area (Å²) in [4.78, 5) is 24.7. The van der Waals surface area contributed by atoms with Gasteiger partial charge in [-0.15, -0.1) is 0 Å². The lowest BCUT2D eigenvalue weighted by Crippen LogP contribution is -2.47. The van der Waals surface area contributed by atoms with Gasteiger partial charge in [-0.05, 0) is 24.0 Å². The van der Waals surface area contributed by atoms with Crippen molar-refractivity contribution in [2.75, 3.05) is 13.7 Å². The highest BCUT2D eigenvalue weighted by Gasteiger charge is 2.40. The van der Waals surface area contributed by atoms with Crippen LogP contribution in [-0.4, -0.2) is 35.3 Å². The van der Waals surface area contributed by atoms with Crippen molar-refractivity contribution in [3.63, 3.8) is 0 Å². The highest BCUT2D eigenvalue weighted by molar-refractivity contribution is 5.85. The van der Waals surface area contributed by atoms with E-state index in [1.807, 2.05) is 50.5 Å². The lowest BCUT2D eigenvalue weighted by atomic mass is 9.78. The molecule has 6 heteroatoms. The summed E-state index contributed by atoms with van der Waals surface area (Å²) in [6.07, 6.45) is 5.14. The summed E-state index contributed by atoms with van der Waals surface area (Å²) in [6.45, 7) is 2.14. The van der Waals surface area contributed by atoms with E-state index in [1.165, 1.54) is 7.11 Å². The molecule has 1 N–H and O–H groups in total. The molecule has 0 saturated heterocycles. The van der Waals surface area contributed by atoms with Crippen molar-refractivity contribution < 1.29 is 14.3 Å². The first-order valence-electron chi connectivity index (χ1n) is 8.40. The van der Waals surface area contributed by atoms with E-state index in [1.54, 1.807) is 10.9 Å². The van der Waals surface area contributed by atoms with Crippen LogP contribution >= 0.6 is 0 Å². The molecular weight excluding hydrogens is 318 g/mol. The Morgan fingerprint density at radius 3 is 2.56 bits per heavy atom. The molecule has 2 rings (SSSR count). The first kappa shape index (κ1) is 18.7. The number of methoxy groups -OCH3 is 1. The Bertz CT molecular complexity index is 712. The summed E-state index contributed by atoms with van der Waals surface area (Å²) in [7, 11) is 3.22. The number of ether oxygens (including phenoxy) is 1. The summed E-state index contributed by atoms with van der Waals surface area (Å²) < 4.78 is 6.73. The number of nitrogens with zero attached hydrogens (tertiary/aromatic N) is 2. The van der Waals surface area contributed by atoms with Gasteiger partial charge in [0, 0.05) is 26.2 Å². The fourth-order valence-corrected chi connectivity index (χ4v) is 2.91. The van der Waals surface area contributed by atoms with Gasteiger partial charge >= 0.3 is 5.97 Å². The maximum absolute atomic E-state index is 12.5. The van der Waals surface area contributed by atoms with Crippen LogP contribution in [0.4, 0.5) is 0 Å². The van der Waals surface area contributed by atoms with Crippen LogP contribution in [0.1, 0.15) is 30.9 Å². The molecule has 0 spiro atoms. The van der Waals surface area contributed by atoms with Crippen LogP contribution in [-0.2, 0) is 33.2 Å². The largest absolute Gasteiger partial charge is 0.468 e. The molecule has 1 atom stereocenters. The molecule has 0 fully saturated rings. The van der Waals surface area contributed by atoms with Crippen molar-refractivity contribution in [2.24, 2.45) is 7.05 Å². The van der Waals surface area contributed by atoms with Gasteiger partial charge in [-0.3, -0.25) is 14.3 Å². The van der Waals surface area contributed by atoms with Crippen molar-refractivity contribution in [2.45, 2.75) is 31.6 Å². The molecule has 0 radical (unpaired) electrons. The molecule has 134 valence electrons. The molecule has 25 heavy (non-hydrogen) atoms. The van der Waals surface area contributed by atoms with Crippen molar-refractivity contribution in [1.29, 1.82) is 0 Å². The van der Waals surface area contributed by atoms with Crippen molar-refractivity contribution in [3.8, 4) is 0 Å². The zero-order valence-corrected chi connectivity index (χ0v) is 15.0. The molecule has 0 bridgehead atoms. The molecule has 2 aromatic rings. The average molecular weight is 343 g/mol. The number of hydrogen-bond donors (Lipinski definition) is 1. The van der Waals surface area contributed by atoms with E-state index >= 15 is 0 Å². The van der Waals surface area contributed by atoms with Crippen molar-refractivity contribution in [1.82, 2.24) is 15.1 Å². The Hall–Kier alpha value is -2.63. The topological polar surface area (TPSA) is 73.2 Å². The van der Waals surface area contributed by atoms with Crippen LogP contribution < -0.4 is 5.32 Å². The minimum Gasteiger partial charge on any atom is -0.468 e. The normalized spacial score (nSPS) is 13.1. The summed E-state index contributed by atoms with van der Waals surface area (Å²) in [6, 6.07) is 9.44. The first-order valence-corrected chi connectivity index (χ1v) is 8.40. The van der Waals surface area contributed by atoms with Gasteiger partial charge in [0.25, 0.3) is 0 Å². The summed E-state index contributed by atoms with van der Waals surface area (Å²) in [5.74, 6) is -0.435. The van der Waals surface area contributed by atoms with E-state index in [-0.39, 0.29) is 18.4 Å². The Morgan fingerprint density at radius 2 is 2.00 bits per heavy atom. The van der Waals surface area contributed by atoms with Gasteiger partial charge < -0.3 is 10.1 Å². The van der Waals surface area contributed by atoms with Gasteiger partial charge in [-0.1, -0.05) is 37.3 Å². The van der Waals surface area contributed by atoms with Crippen LogP contribution in [0.15, 0.2) is 42.7 Å². The fraction of sp³-hybridized carbons (Fsp3) is 0.421. The maximum atomic E-state index is 12.5. The molecule has 1 aromatic heterocycles. The standard InChI is InChI=1S/C19H25N3O3/c1-4-19(18(24)25-3,16-8-6-5-7-9-16)14-20-17(23)11-10-15-12-21-22(2)13-15/h5-9,12-13H,4,10-11,14H2,1-3H3,(H,20,23)/t19-/m0/s1. The lowest BCUT2D eigenvalue weighted by Gasteiger charge is -2.30. The number of rotatable bonds is 8. The maximum Gasteiger partial charge on any atom is 0.318 e. The molecule has 1 aromatic carbocycles. The third kappa shape index (κ3) is 4.47. The van der Waals surface area contributed by atoms with Gasteiger partial charge in [0.2, 0.25) is 5.91 Å². The molecular formula is C19H25N3O3. The second-order valence-corrected chi connectivity index (χ2v) is 6.09. The number of carbonyl (C=O) groups is 2. The highest BCUT2D eigenvalue weighted by atomic mass is 16.5. The highest BCUT2D eigenvalue weighted by Crippen LogP contribution is 2.29. The number of hydrogen-bond acceptors (Lipinski definition) is 4. The quantitative estimate of drug-likeness (QED) is 0.744. The molecule has 0 aliphatic heterocycles. The molecule has 0 unspecified atom stereocenters. The molecule has 0 saturated carbocycles. The van der Waals surface area contributed by atoms with Crippen molar-refractivity contribution in [3.05, 3.63) is 53.9 Å². The van der Waals surface area contributed by atoms with Crippen LogP contribution in [0, 0.1) is 0 Å². The number of carbonyl (C=O) groups excluding carboxylic acids is 2. The monoisotopic (exact) mass is 343 g/mol. The summed E-state index contributed by atoms with van der Waals surface area (Å²) >= 11 is 0. The molecule has 6 nitrogen and oxygen atoms in total. The Morgan fingerprint density at radius 1 is 1.28 bits per heavy atom. The van der Waals surface area contributed by atoms with Crippen LogP contribution in [0.2, 0.25) is 0 Å². The average Bonchev–Trinajstić information content (AvgIpc) is 3.06. The van der Waals surface area contributed by atoms with Gasteiger partial charge in [-0.25, -0.2) is 0 Å². The molecule has 0 aliphatic carbocycles. The van der Waals surface area contributed by atoms with E-state index in [2.05, 4.69) is 10.4 Å². The van der Waals surface area contributed by atoms with Crippen LogP contribution in [0.3, 0.4) is 0 Å². The number of nitrogens with one attached hydrogen (secondary N) is 1. The minimum absolute atomic E-state index is 0.0958. The van der Waals surface area contributed by atoms with Gasteiger partial charge in [0.05, 0.1) is 13.3 Å². The Kier molecular flexibility index (Phi) is 6.33. The van der Waals surface area contributed by atoms with Gasteiger partial charge in [0.1, 0.15) is 5.41 Å². The molecule has 1 heterocycles. The van der Waals surface area contributed by atoms with Crippen molar-refractivity contribution >= 4 is 11.9 Å². The van der Waals surface area contributed by atoms with E-state index in [0.29, 0.717) is 19.3 Å². The van der Waals surface area contributed by atoms with E-state index in [0.717, 1.165) is 11.1 Å². The van der Waals surface area contributed by atoms with Crippen LogP contribution in [0.25, 0.3) is 0 Å². The number of amides is 1. The number of benzene rings is 1. The zero-order chi connectivity index (χ0) is 18.3. The summed E-state index contributed by atoms with van der Waals surface area (Å²) in [5.41, 5.74) is 0.979. The second-order valence-electron chi connectivity index (χ2n) is 6.09. The smallest absolute Gasteiger partial charge is 0.318 e. The number of esters is 1. The molecule has 0 aliphatic rings. The van der Waals surface area contributed by atoms with Gasteiger partial charge in [0.15, 0.2) is 0 Å². The fourth-order valence-electron chi connectivity index (χ4n) is 2.91. The van der Waals surface area contributed by atoms with Gasteiger partial charge in [-0.2, -0.15) is 5.10 Å². The number of aromatic nitrogens is 2. The SMILES string of the molecule is CC[C@@](CNC(=O)CCc1cnn(C)c1)(C(=O)OC)c1ccccc1. The second kappa shape index (κ2) is 8.46. The minimum atomic E-state index is -0.875. The Labute approximate surface area is 148 Å². The Balaban J connectivity index is 2.04. The van der Waals surface area contributed by atoms with E-state index in [4.69, 9.17) is 4.74 Å². The lowest BCUT2D eigenvalue weighted by molar-refractivity contribution is -0.147. The van der Waals surface area contributed by atoms with E-state index in [9.17, 15) is 9.59 Å². The molecule has 1 amide bonds. The first-order chi connectivity index (χ1) is 12.0. The number of aryl methyl sites for hydroxylation is 2. The summed E-state index contributed by atoms with van der Waals surface area (Å²) in [5, 5.41) is 6.99.